The van der Waals surface area contributed by atoms with Crippen molar-refractivity contribution < 1.29 is 4.79 Å². The first kappa shape index (κ1) is 19.7. The lowest BCUT2D eigenvalue weighted by Gasteiger charge is -2.28. The topological polar surface area (TPSA) is 94.7 Å². The molecule has 1 aromatic carbocycles. The average molecular weight is 419 g/mol. The number of carbonyl (C=O) groups is 1. The molecule has 5 rings (SSSR count). The van der Waals surface area contributed by atoms with Crippen LogP contribution >= 0.6 is 0 Å². The molecular weight excluding hydrogens is 392 g/mol. The summed E-state index contributed by atoms with van der Waals surface area (Å²) in [5.74, 6) is 0.369. The first-order valence-corrected chi connectivity index (χ1v) is 11.0. The van der Waals surface area contributed by atoms with Gasteiger partial charge in [-0.2, -0.15) is 4.80 Å². The van der Waals surface area contributed by atoms with Crippen molar-refractivity contribution in [2.45, 2.75) is 63.6 Å². The number of nitrogens with zero attached hydrogens (tertiary/aromatic N) is 5. The third-order valence-electron chi connectivity index (χ3n) is 6.31. The van der Waals surface area contributed by atoms with Crippen molar-refractivity contribution in [2.24, 2.45) is 0 Å². The van der Waals surface area contributed by atoms with Gasteiger partial charge in [-0.05, 0) is 62.3 Å². The molecule has 2 fully saturated rings. The Morgan fingerprint density at radius 3 is 2.42 bits per heavy atom. The lowest BCUT2D eigenvalue weighted by molar-refractivity contribution is 0.0917. The number of aryl methyl sites for hydroxylation is 1. The maximum absolute atomic E-state index is 12.9. The molecule has 3 aromatic rings. The Hall–Kier alpha value is -3.29. The SMILES string of the molecule is Cc1ccn(C2CC2)c(=O)c1C(=O)NC1CCC(n2nnc(-c3ccccc3)n2)CC1. The molecule has 160 valence electrons. The number of rotatable bonds is 5. The van der Waals surface area contributed by atoms with E-state index in [-0.39, 0.29) is 35.2 Å². The molecule has 2 saturated carbocycles. The highest BCUT2D eigenvalue weighted by molar-refractivity contribution is 5.95. The zero-order valence-corrected chi connectivity index (χ0v) is 17.6. The molecule has 0 spiro atoms. The Morgan fingerprint density at radius 2 is 1.71 bits per heavy atom. The van der Waals surface area contributed by atoms with Gasteiger partial charge in [0.15, 0.2) is 0 Å². The van der Waals surface area contributed by atoms with Gasteiger partial charge >= 0.3 is 0 Å². The predicted octanol–water partition coefficient (Wildman–Crippen LogP) is 3.06. The zero-order chi connectivity index (χ0) is 21.4. The van der Waals surface area contributed by atoms with Gasteiger partial charge < -0.3 is 9.88 Å². The van der Waals surface area contributed by atoms with Gasteiger partial charge in [-0.25, -0.2) is 0 Å². The number of amides is 1. The second-order valence-corrected chi connectivity index (χ2v) is 8.60. The molecule has 0 aliphatic heterocycles. The second-order valence-electron chi connectivity index (χ2n) is 8.60. The van der Waals surface area contributed by atoms with Crippen LogP contribution in [0.2, 0.25) is 0 Å². The molecule has 0 radical (unpaired) electrons. The van der Waals surface area contributed by atoms with Gasteiger partial charge in [-0.15, -0.1) is 10.2 Å². The minimum atomic E-state index is -0.258. The van der Waals surface area contributed by atoms with Gasteiger partial charge in [0.2, 0.25) is 5.82 Å². The van der Waals surface area contributed by atoms with E-state index in [0.717, 1.165) is 49.7 Å². The smallest absolute Gasteiger partial charge is 0.263 e. The van der Waals surface area contributed by atoms with Crippen molar-refractivity contribution in [1.29, 1.82) is 0 Å². The van der Waals surface area contributed by atoms with Crippen molar-refractivity contribution in [3.05, 3.63) is 64.1 Å². The predicted molar refractivity (Wildman–Crippen MR) is 116 cm³/mol. The van der Waals surface area contributed by atoms with E-state index in [1.54, 1.807) is 9.36 Å². The number of nitrogens with one attached hydrogen (secondary N) is 1. The Bertz CT molecular complexity index is 1140. The summed E-state index contributed by atoms with van der Waals surface area (Å²) < 4.78 is 1.71. The quantitative estimate of drug-likeness (QED) is 0.687. The van der Waals surface area contributed by atoms with Gasteiger partial charge in [0.05, 0.1) is 6.04 Å². The highest BCUT2D eigenvalue weighted by Crippen LogP contribution is 2.33. The molecule has 8 heteroatoms. The van der Waals surface area contributed by atoms with E-state index < -0.39 is 0 Å². The van der Waals surface area contributed by atoms with Crippen LogP contribution in [0.3, 0.4) is 0 Å². The Morgan fingerprint density at radius 1 is 1.00 bits per heavy atom. The number of hydrogen-bond acceptors (Lipinski definition) is 5. The van der Waals surface area contributed by atoms with Crippen molar-refractivity contribution in [2.75, 3.05) is 0 Å². The monoisotopic (exact) mass is 418 g/mol. The summed E-state index contributed by atoms with van der Waals surface area (Å²) >= 11 is 0. The highest BCUT2D eigenvalue weighted by Gasteiger charge is 2.29. The number of aromatic nitrogens is 5. The molecular formula is C23H26N6O2. The molecule has 2 heterocycles. The summed E-state index contributed by atoms with van der Waals surface area (Å²) in [5.41, 5.74) is 1.79. The molecule has 31 heavy (non-hydrogen) atoms. The van der Waals surface area contributed by atoms with E-state index in [9.17, 15) is 9.59 Å². The summed E-state index contributed by atoms with van der Waals surface area (Å²) in [5, 5.41) is 16.1. The highest BCUT2D eigenvalue weighted by atomic mass is 16.2. The van der Waals surface area contributed by atoms with E-state index in [2.05, 4.69) is 20.7 Å². The Kier molecular flexibility index (Phi) is 5.13. The number of carbonyl (C=O) groups excluding carboxylic acids is 1. The van der Waals surface area contributed by atoms with E-state index in [4.69, 9.17) is 0 Å². The Balaban J connectivity index is 1.22. The fourth-order valence-corrected chi connectivity index (χ4v) is 4.35. The molecule has 0 bridgehead atoms. The van der Waals surface area contributed by atoms with Crippen LogP contribution in [-0.2, 0) is 0 Å². The standard InChI is InChI=1S/C23H26N6O2/c1-15-13-14-28(18-11-12-18)23(31)20(15)22(30)24-17-7-9-19(10-8-17)29-26-21(25-27-29)16-5-3-2-4-6-16/h2-6,13-14,17-19H,7-12H2,1H3,(H,24,30). The van der Waals surface area contributed by atoms with Crippen molar-refractivity contribution in [3.63, 3.8) is 0 Å². The summed E-state index contributed by atoms with van der Waals surface area (Å²) in [4.78, 5) is 27.4. The lowest BCUT2D eigenvalue weighted by Crippen LogP contribution is -2.41. The van der Waals surface area contributed by atoms with Crippen LogP contribution in [0, 0.1) is 6.92 Å². The maximum atomic E-state index is 12.9. The van der Waals surface area contributed by atoms with Gasteiger partial charge in [-0.1, -0.05) is 30.3 Å². The van der Waals surface area contributed by atoms with Crippen LogP contribution in [0.15, 0.2) is 47.4 Å². The molecule has 2 aromatic heterocycles. The largest absolute Gasteiger partial charge is 0.349 e. The molecule has 0 atom stereocenters. The second kappa shape index (κ2) is 8.09. The summed E-state index contributed by atoms with van der Waals surface area (Å²) in [6.45, 7) is 1.82. The molecule has 0 unspecified atom stereocenters. The first-order chi connectivity index (χ1) is 15.1. The summed E-state index contributed by atoms with van der Waals surface area (Å²) in [6.07, 6.45) is 7.19. The normalized spacial score (nSPS) is 21.1. The maximum Gasteiger partial charge on any atom is 0.263 e. The first-order valence-electron chi connectivity index (χ1n) is 11.0. The third-order valence-corrected chi connectivity index (χ3v) is 6.31. The van der Waals surface area contributed by atoms with Crippen LogP contribution < -0.4 is 10.9 Å². The third kappa shape index (κ3) is 4.02. The van der Waals surface area contributed by atoms with Crippen LogP contribution in [0.4, 0.5) is 0 Å². The molecule has 1 amide bonds. The molecule has 0 saturated heterocycles. The van der Waals surface area contributed by atoms with E-state index in [0.29, 0.717) is 5.82 Å². The van der Waals surface area contributed by atoms with E-state index in [1.807, 2.05) is 49.5 Å². The van der Waals surface area contributed by atoms with Gasteiger partial charge in [0.25, 0.3) is 11.5 Å². The summed E-state index contributed by atoms with van der Waals surface area (Å²) in [7, 11) is 0. The van der Waals surface area contributed by atoms with Crippen molar-refractivity contribution in [1.82, 2.24) is 30.1 Å². The van der Waals surface area contributed by atoms with E-state index in [1.165, 1.54) is 0 Å². The zero-order valence-electron chi connectivity index (χ0n) is 17.6. The molecule has 2 aliphatic carbocycles. The minimum absolute atomic E-state index is 0.0502. The Labute approximate surface area is 180 Å². The average Bonchev–Trinajstić information content (AvgIpc) is 3.50. The van der Waals surface area contributed by atoms with Crippen LogP contribution in [-0.4, -0.2) is 36.7 Å². The fraction of sp³-hybridized carbons (Fsp3) is 0.435. The molecule has 1 N–H and O–H groups in total. The van der Waals surface area contributed by atoms with Crippen LogP contribution in [0.5, 0.6) is 0 Å². The lowest BCUT2D eigenvalue weighted by atomic mass is 9.91. The van der Waals surface area contributed by atoms with E-state index >= 15 is 0 Å². The number of hydrogen-bond donors (Lipinski definition) is 1. The fourth-order valence-electron chi connectivity index (χ4n) is 4.35. The van der Waals surface area contributed by atoms with Gasteiger partial charge in [0, 0.05) is 23.8 Å². The van der Waals surface area contributed by atoms with Crippen LogP contribution in [0.25, 0.3) is 11.4 Å². The number of tetrazole rings is 1. The van der Waals surface area contributed by atoms with Gasteiger partial charge in [-0.3, -0.25) is 9.59 Å². The minimum Gasteiger partial charge on any atom is -0.349 e. The number of benzene rings is 1. The van der Waals surface area contributed by atoms with Crippen LogP contribution in [0.1, 0.15) is 66.5 Å². The number of pyridine rings is 1. The van der Waals surface area contributed by atoms with Gasteiger partial charge in [0.1, 0.15) is 5.56 Å². The molecule has 2 aliphatic rings. The molecule has 8 nitrogen and oxygen atoms in total. The van der Waals surface area contributed by atoms with Crippen molar-refractivity contribution >= 4 is 5.91 Å². The van der Waals surface area contributed by atoms with Crippen molar-refractivity contribution in [3.8, 4) is 11.4 Å². The summed E-state index contributed by atoms with van der Waals surface area (Å²) in [6, 6.07) is 12.2.